The zero-order valence-electron chi connectivity index (χ0n) is 13.4. The van der Waals surface area contributed by atoms with E-state index in [1.165, 1.54) is 4.31 Å². The van der Waals surface area contributed by atoms with E-state index in [1.54, 1.807) is 18.2 Å². The van der Waals surface area contributed by atoms with Gasteiger partial charge in [-0.25, -0.2) is 8.42 Å². The summed E-state index contributed by atoms with van der Waals surface area (Å²) in [5, 5.41) is 0. The predicted octanol–water partition coefficient (Wildman–Crippen LogP) is 2.99. The van der Waals surface area contributed by atoms with Crippen LogP contribution in [0.25, 0.3) is 0 Å². The van der Waals surface area contributed by atoms with Crippen molar-refractivity contribution in [3.8, 4) is 11.5 Å². The molecule has 0 aliphatic carbocycles. The molecule has 4 rings (SSSR count). The van der Waals surface area contributed by atoms with Gasteiger partial charge in [0.05, 0.1) is 23.8 Å². The molecule has 2 aliphatic heterocycles. The molecule has 1 unspecified atom stereocenters. The first-order valence-corrected chi connectivity index (χ1v) is 9.53. The third-order valence-electron chi connectivity index (χ3n) is 4.42. The number of nitrogens with zero attached hydrogens (tertiary/aromatic N) is 1. The standard InChI is InChI=1S/C18H19NO4S/c1-13-11-14-5-2-3-6-16(14)19(13)24(20,21)15-7-8-17-18(12-15)23-10-4-9-22-17/h2-3,5-8,12-13H,4,9-11H2,1H3. The Morgan fingerprint density at radius 3 is 2.62 bits per heavy atom. The molecule has 0 saturated heterocycles. The van der Waals surface area contributed by atoms with Gasteiger partial charge in [-0.2, -0.15) is 0 Å². The van der Waals surface area contributed by atoms with Gasteiger partial charge < -0.3 is 9.47 Å². The second-order valence-corrected chi connectivity index (χ2v) is 7.96. The lowest BCUT2D eigenvalue weighted by atomic mass is 10.1. The highest BCUT2D eigenvalue weighted by molar-refractivity contribution is 7.92. The third kappa shape index (κ3) is 2.41. The molecule has 2 aromatic carbocycles. The molecule has 0 fully saturated rings. The minimum atomic E-state index is -3.65. The van der Waals surface area contributed by atoms with Crippen molar-refractivity contribution in [2.24, 2.45) is 0 Å². The summed E-state index contributed by atoms with van der Waals surface area (Å²) in [7, 11) is -3.65. The van der Waals surface area contributed by atoms with E-state index in [1.807, 2.05) is 31.2 Å². The zero-order valence-corrected chi connectivity index (χ0v) is 14.3. The van der Waals surface area contributed by atoms with Gasteiger partial charge in [0.25, 0.3) is 10.0 Å². The molecule has 0 amide bonds. The summed E-state index contributed by atoms with van der Waals surface area (Å²) < 4.78 is 39.2. The van der Waals surface area contributed by atoms with Gasteiger partial charge in [-0.05, 0) is 37.1 Å². The SMILES string of the molecule is CC1Cc2ccccc2N1S(=O)(=O)c1ccc2c(c1)OCCCO2. The first kappa shape index (κ1) is 15.3. The number of anilines is 1. The number of hydrogen-bond acceptors (Lipinski definition) is 4. The Bertz CT molecular complexity index is 878. The Balaban J connectivity index is 1.77. The fourth-order valence-electron chi connectivity index (χ4n) is 3.32. The van der Waals surface area contributed by atoms with Crippen LogP contribution in [0.2, 0.25) is 0 Å². The predicted molar refractivity (Wildman–Crippen MR) is 91.3 cm³/mol. The van der Waals surface area contributed by atoms with Crippen LogP contribution < -0.4 is 13.8 Å². The van der Waals surface area contributed by atoms with Crippen LogP contribution in [0.3, 0.4) is 0 Å². The maximum atomic E-state index is 13.2. The molecule has 2 aromatic rings. The Morgan fingerprint density at radius 1 is 1.04 bits per heavy atom. The van der Waals surface area contributed by atoms with E-state index >= 15 is 0 Å². The van der Waals surface area contributed by atoms with Gasteiger partial charge in [-0.15, -0.1) is 0 Å². The minimum Gasteiger partial charge on any atom is -0.490 e. The Hall–Kier alpha value is -2.21. The zero-order chi connectivity index (χ0) is 16.7. The van der Waals surface area contributed by atoms with Crippen LogP contribution in [0.4, 0.5) is 5.69 Å². The van der Waals surface area contributed by atoms with Crippen LogP contribution in [0, 0.1) is 0 Å². The van der Waals surface area contributed by atoms with Crippen molar-refractivity contribution in [3.05, 3.63) is 48.0 Å². The second-order valence-electron chi connectivity index (χ2n) is 6.14. The molecule has 0 bridgehead atoms. The lowest BCUT2D eigenvalue weighted by Gasteiger charge is -2.24. The van der Waals surface area contributed by atoms with Gasteiger partial charge in [0.2, 0.25) is 0 Å². The van der Waals surface area contributed by atoms with Crippen molar-refractivity contribution in [1.29, 1.82) is 0 Å². The molecule has 1 atom stereocenters. The molecule has 126 valence electrons. The maximum Gasteiger partial charge on any atom is 0.264 e. The number of rotatable bonds is 2. The molecule has 2 heterocycles. The molecule has 24 heavy (non-hydrogen) atoms. The Labute approximate surface area is 141 Å². The van der Waals surface area contributed by atoms with Gasteiger partial charge in [-0.1, -0.05) is 18.2 Å². The van der Waals surface area contributed by atoms with Crippen molar-refractivity contribution in [1.82, 2.24) is 0 Å². The van der Waals surface area contributed by atoms with Crippen molar-refractivity contribution >= 4 is 15.7 Å². The third-order valence-corrected chi connectivity index (χ3v) is 6.34. The Morgan fingerprint density at radius 2 is 1.79 bits per heavy atom. The number of para-hydroxylation sites is 1. The van der Waals surface area contributed by atoms with E-state index < -0.39 is 10.0 Å². The van der Waals surface area contributed by atoms with Gasteiger partial charge in [0, 0.05) is 18.5 Å². The van der Waals surface area contributed by atoms with Crippen LogP contribution >= 0.6 is 0 Å². The molecule has 0 radical (unpaired) electrons. The summed E-state index contributed by atoms with van der Waals surface area (Å²) in [6, 6.07) is 12.4. The molecule has 2 aliphatic rings. The molecule has 5 nitrogen and oxygen atoms in total. The topological polar surface area (TPSA) is 55.8 Å². The van der Waals surface area contributed by atoms with E-state index in [2.05, 4.69) is 0 Å². The van der Waals surface area contributed by atoms with Gasteiger partial charge in [0.1, 0.15) is 0 Å². The molecule has 0 N–H and O–H groups in total. The van der Waals surface area contributed by atoms with Crippen LogP contribution in [0.15, 0.2) is 47.4 Å². The smallest absolute Gasteiger partial charge is 0.264 e. The molecule has 6 heteroatoms. The summed E-state index contributed by atoms with van der Waals surface area (Å²) in [4.78, 5) is 0.232. The molecular formula is C18H19NO4S. The average molecular weight is 345 g/mol. The number of sulfonamides is 1. The summed E-state index contributed by atoms with van der Waals surface area (Å²) in [5.41, 5.74) is 1.82. The van der Waals surface area contributed by atoms with E-state index in [9.17, 15) is 8.42 Å². The number of benzene rings is 2. The molecule has 0 spiro atoms. The first-order chi connectivity index (χ1) is 11.6. The van der Waals surface area contributed by atoms with Crippen LogP contribution in [-0.2, 0) is 16.4 Å². The second kappa shape index (κ2) is 5.70. The quantitative estimate of drug-likeness (QED) is 0.840. The number of hydrogen-bond donors (Lipinski definition) is 0. The van der Waals surface area contributed by atoms with E-state index in [0.717, 1.165) is 24.1 Å². The summed E-state index contributed by atoms with van der Waals surface area (Å²) in [5.74, 6) is 1.09. The summed E-state index contributed by atoms with van der Waals surface area (Å²) in [6.45, 7) is 3.04. The minimum absolute atomic E-state index is 0.108. The highest BCUT2D eigenvalue weighted by Gasteiger charge is 2.36. The van der Waals surface area contributed by atoms with Crippen LogP contribution in [0.1, 0.15) is 18.9 Å². The highest BCUT2D eigenvalue weighted by Crippen LogP contribution is 2.38. The number of ether oxygens (including phenoxy) is 2. The van der Waals surface area contributed by atoms with Crippen molar-refractivity contribution in [3.63, 3.8) is 0 Å². The van der Waals surface area contributed by atoms with Crippen LogP contribution in [0.5, 0.6) is 11.5 Å². The molecular weight excluding hydrogens is 326 g/mol. The van der Waals surface area contributed by atoms with Gasteiger partial charge in [-0.3, -0.25) is 4.31 Å². The van der Waals surface area contributed by atoms with Crippen molar-refractivity contribution < 1.29 is 17.9 Å². The monoisotopic (exact) mass is 345 g/mol. The highest BCUT2D eigenvalue weighted by atomic mass is 32.2. The van der Waals surface area contributed by atoms with Gasteiger partial charge >= 0.3 is 0 Å². The molecule has 0 saturated carbocycles. The fraction of sp³-hybridized carbons (Fsp3) is 0.333. The summed E-state index contributed by atoms with van der Waals surface area (Å²) >= 11 is 0. The van der Waals surface area contributed by atoms with E-state index in [0.29, 0.717) is 24.7 Å². The number of fused-ring (bicyclic) bond motifs is 2. The maximum absolute atomic E-state index is 13.2. The van der Waals surface area contributed by atoms with E-state index in [4.69, 9.17) is 9.47 Å². The van der Waals surface area contributed by atoms with Crippen molar-refractivity contribution in [2.45, 2.75) is 30.7 Å². The first-order valence-electron chi connectivity index (χ1n) is 8.09. The summed E-state index contributed by atoms with van der Waals surface area (Å²) in [6.07, 6.45) is 1.51. The van der Waals surface area contributed by atoms with Crippen LogP contribution in [-0.4, -0.2) is 27.7 Å². The van der Waals surface area contributed by atoms with E-state index in [-0.39, 0.29) is 10.9 Å². The molecule has 0 aromatic heterocycles. The fourth-order valence-corrected chi connectivity index (χ4v) is 5.03. The average Bonchev–Trinajstić information content (AvgIpc) is 2.75. The van der Waals surface area contributed by atoms with Gasteiger partial charge in [0.15, 0.2) is 11.5 Å². The largest absolute Gasteiger partial charge is 0.490 e. The lowest BCUT2D eigenvalue weighted by molar-refractivity contribution is 0.297. The van der Waals surface area contributed by atoms with Crippen molar-refractivity contribution in [2.75, 3.05) is 17.5 Å². The Kier molecular flexibility index (Phi) is 3.64. The normalized spacial score (nSPS) is 19.7. The lowest BCUT2D eigenvalue weighted by Crippen LogP contribution is -2.35.